The molecule has 1 aliphatic rings. The number of methoxy groups -OCH3 is 2. The van der Waals surface area contributed by atoms with Crippen LogP contribution < -0.4 is 9.47 Å². The summed E-state index contributed by atoms with van der Waals surface area (Å²) in [5, 5.41) is 0. The first kappa shape index (κ1) is 16.4. The zero-order chi connectivity index (χ0) is 15.9. The number of ether oxygens (including phenoxy) is 2. The molecule has 0 aliphatic heterocycles. The third-order valence-corrected chi connectivity index (χ3v) is 4.30. The van der Waals surface area contributed by atoms with Crippen molar-refractivity contribution in [3.63, 3.8) is 0 Å². The Labute approximate surface area is 132 Å². The van der Waals surface area contributed by atoms with Gasteiger partial charge in [-0.3, -0.25) is 4.79 Å². The molecular weight excluding hydrogens is 278 g/mol. The first-order chi connectivity index (χ1) is 10.7. The minimum atomic E-state index is 0.0571. The lowest BCUT2D eigenvalue weighted by Crippen LogP contribution is -2.37. The van der Waals surface area contributed by atoms with E-state index in [1.54, 1.807) is 20.3 Å². The van der Waals surface area contributed by atoms with E-state index in [0.717, 1.165) is 18.4 Å². The lowest BCUT2D eigenvalue weighted by Gasteiger charge is -2.30. The third-order valence-electron chi connectivity index (χ3n) is 4.30. The minimum absolute atomic E-state index is 0.0571. The van der Waals surface area contributed by atoms with Gasteiger partial charge in [0.1, 0.15) is 0 Å². The van der Waals surface area contributed by atoms with Crippen LogP contribution in [0, 0.1) is 0 Å². The molecular formula is C18H25NO3. The van der Waals surface area contributed by atoms with Crippen LogP contribution >= 0.6 is 0 Å². The molecule has 0 saturated heterocycles. The van der Waals surface area contributed by atoms with Crippen LogP contribution in [0.15, 0.2) is 24.3 Å². The average molecular weight is 303 g/mol. The van der Waals surface area contributed by atoms with Gasteiger partial charge in [-0.2, -0.15) is 0 Å². The van der Waals surface area contributed by atoms with Crippen molar-refractivity contribution in [1.29, 1.82) is 0 Å². The van der Waals surface area contributed by atoms with E-state index in [2.05, 4.69) is 0 Å². The number of hydrogen-bond donors (Lipinski definition) is 0. The van der Waals surface area contributed by atoms with Crippen LogP contribution in [-0.2, 0) is 4.79 Å². The molecule has 120 valence electrons. The van der Waals surface area contributed by atoms with Crippen LogP contribution in [0.2, 0.25) is 0 Å². The van der Waals surface area contributed by atoms with Crippen LogP contribution in [0.1, 0.15) is 37.7 Å². The molecule has 0 radical (unpaired) electrons. The van der Waals surface area contributed by atoms with E-state index in [0.29, 0.717) is 17.5 Å². The summed E-state index contributed by atoms with van der Waals surface area (Å²) in [5.41, 5.74) is 0.919. The monoisotopic (exact) mass is 303 g/mol. The second kappa shape index (κ2) is 7.87. The van der Waals surface area contributed by atoms with Gasteiger partial charge in [0.05, 0.1) is 14.2 Å². The number of rotatable bonds is 5. The maximum absolute atomic E-state index is 12.3. The Kier molecular flexibility index (Phi) is 5.87. The first-order valence-electron chi connectivity index (χ1n) is 7.82. The second-order valence-corrected chi connectivity index (χ2v) is 5.69. The van der Waals surface area contributed by atoms with E-state index in [-0.39, 0.29) is 5.91 Å². The standard InChI is InChI=1S/C18H25NO3/c1-19(15-7-5-4-6-8-15)18(20)12-10-14-9-11-16(21-2)17(13-14)22-3/h9-13,15H,4-8H2,1-3H3/b12-10+. The number of carbonyl (C=O) groups excluding carboxylic acids is 1. The number of amides is 1. The van der Waals surface area contributed by atoms with Gasteiger partial charge in [-0.15, -0.1) is 0 Å². The van der Waals surface area contributed by atoms with Gasteiger partial charge in [0.2, 0.25) is 5.91 Å². The van der Waals surface area contributed by atoms with E-state index in [1.807, 2.05) is 36.2 Å². The summed E-state index contributed by atoms with van der Waals surface area (Å²) in [5.74, 6) is 1.41. The van der Waals surface area contributed by atoms with E-state index >= 15 is 0 Å². The molecule has 0 N–H and O–H groups in total. The van der Waals surface area contributed by atoms with Gasteiger partial charge in [-0.05, 0) is 36.6 Å². The molecule has 1 fully saturated rings. The van der Waals surface area contributed by atoms with Gasteiger partial charge in [0, 0.05) is 19.2 Å². The fraction of sp³-hybridized carbons (Fsp3) is 0.500. The third kappa shape index (κ3) is 4.03. The summed E-state index contributed by atoms with van der Waals surface area (Å²) in [6, 6.07) is 6.00. The van der Waals surface area contributed by atoms with Crippen LogP contribution in [0.5, 0.6) is 11.5 Å². The molecule has 0 bridgehead atoms. The Morgan fingerprint density at radius 2 is 1.82 bits per heavy atom. The van der Waals surface area contributed by atoms with Gasteiger partial charge in [-0.25, -0.2) is 0 Å². The summed E-state index contributed by atoms with van der Waals surface area (Å²) in [4.78, 5) is 14.1. The summed E-state index contributed by atoms with van der Waals surface area (Å²) < 4.78 is 10.5. The molecule has 1 aromatic carbocycles. The van der Waals surface area contributed by atoms with Gasteiger partial charge in [0.25, 0.3) is 0 Å². The van der Waals surface area contributed by atoms with Crippen molar-refractivity contribution in [1.82, 2.24) is 4.90 Å². The molecule has 0 aromatic heterocycles. The highest BCUT2D eigenvalue weighted by molar-refractivity contribution is 5.91. The van der Waals surface area contributed by atoms with E-state index in [1.165, 1.54) is 19.3 Å². The lowest BCUT2D eigenvalue weighted by atomic mass is 9.94. The molecule has 4 heteroatoms. The van der Waals surface area contributed by atoms with E-state index in [4.69, 9.17) is 9.47 Å². The fourth-order valence-electron chi connectivity index (χ4n) is 2.89. The number of carbonyl (C=O) groups is 1. The molecule has 0 unspecified atom stereocenters. The highest BCUT2D eigenvalue weighted by Gasteiger charge is 2.20. The van der Waals surface area contributed by atoms with Crippen molar-refractivity contribution in [2.75, 3.05) is 21.3 Å². The zero-order valence-corrected chi connectivity index (χ0v) is 13.7. The summed E-state index contributed by atoms with van der Waals surface area (Å²) in [7, 11) is 5.11. The van der Waals surface area contributed by atoms with E-state index in [9.17, 15) is 4.79 Å². The molecule has 1 saturated carbocycles. The molecule has 1 aromatic rings. The zero-order valence-electron chi connectivity index (χ0n) is 13.7. The first-order valence-corrected chi connectivity index (χ1v) is 7.82. The Hall–Kier alpha value is -1.97. The van der Waals surface area contributed by atoms with Gasteiger partial charge in [0.15, 0.2) is 11.5 Å². The fourth-order valence-corrected chi connectivity index (χ4v) is 2.89. The Balaban J connectivity index is 2.02. The van der Waals surface area contributed by atoms with Crippen LogP contribution in [0.4, 0.5) is 0 Å². The molecule has 0 spiro atoms. The molecule has 2 rings (SSSR count). The summed E-state index contributed by atoms with van der Waals surface area (Å²) in [6.07, 6.45) is 9.43. The molecule has 0 heterocycles. The number of likely N-dealkylation sites (N-methyl/N-ethyl adjacent to an activating group) is 1. The van der Waals surface area contributed by atoms with Gasteiger partial charge < -0.3 is 14.4 Å². The minimum Gasteiger partial charge on any atom is -0.493 e. The highest BCUT2D eigenvalue weighted by atomic mass is 16.5. The quantitative estimate of drug-likeness (QED) is 0.781. The van der Waals surface area contributed by atoms with Gasteiger partial charge >= 0.3 is 0 Å². The van der Waals surface area contributed by atoms with Crippen LogP contribution in [0.3, 0.4) is 0 Å². The molecule has 0 atom stereocenters. The maximum atomic E-state index is 12.3. The van der Waals surface area contributed by atoms with E-state index < -0.39 is 0 Å². The normalized spacial score (nSPS) is 15.8. The topological polar surface area (TPSA) is 38.8 Å². The molecule has 4 nitrogen and oxygen atoms in total. The Morgan fingerprint density at radius 1 is 1.14 bits per heavy atom. The molecule has 1 aliphatic carbocycles. The Morgan fingerprint density at radius 3 is 2.45 bits per heavy atom. The van der Waals surface area contributed by atoms with Crippen LogP contribution in [-0.4, -0.2) is 38.1 Å². The van der Waals surface area contributed by atoms with Crippen molar-refractivity contribution >= 4 is 12.0 Å². The van der Waals surface area contributed by atoms with Gasteiger partial charge in [-0.1, -0.05) is 25.3 Å². The lowest BCUT2D eigenvalue weighted by molar-refractivity contribution is -0.127. The predicted octanol–water partition coefficient (Wildman–Crippen LogP) is 3.51. The van der Waals surface area contributed by atoms with Crippen molar-refractivity contribution in [3.8, 4) is 11.5 Å². The largest absolute Gasteiger partial charge is 0.493 e. The smallest absolute Gasteiger partial charge is 0.246 e. The number of hydrogen-bond acceptors (Lipinski definition) is 3. The maximum Gasteiger partial charge on any atom is 0.246 e. The average Bonchev–Trinajstić information content (AvgIpc) is 2.59. The second-order valence-electron chi connectivity index (χ2n) is 5.69. The predicted molar refractivity (Wildman–Crippen MR) is 88.2 cm³/mol. The number of benzene rings is 1. The summed E-state index contributed by atoms with van der Waals surface area (Å²) >= 11 is 0. The van der Waals surface area contributed by atoms with Crippen molar-refractivity contribution in [3.05, 3.63) is 29.8 Å². The van der Waals surface area contributed by atoms with Crippen molar-refractivity contribution < 1.29 is 14.3 Å². The molecule has 22 heavy (non-hydrogen) atoms. The SMILES string of the molecule is COc1ccc(/C=C/C(=O)N(C)C2CCCCC2)cc1OC. The highest BCUT2D eigenvalue weighted by Crippen LogP contribution is 2.28. The summed E-state index contributed by atoms with van der Waals surface area (Å²) in [6.45, 7) is 0. The van der Waals surface area contributed by atoms with Crippen LogP contribution in [0.25, 0.3) is 6.08 Å². The van der Waals surface area contributed by atoms with Crippen molar-refractivity contribution in [2.45, 2.75) is 38.1 Å². The van der Waals surface area contributed by atoms with Crippen molar-refractivity contribution in [2.24, 2.45) is 0 Å². The Bertz CT molecular complexity index is 533. The number of nitrogens with zero attached hydrogens (tertiary/aromatic N) is 1. The molecule has 1 amide bonds.